The van der Waals surface area contributed by atoms with E-state index in [2.05, 4.69) is 34.7 Å². The molecule has 2 aromatic rings. The lowest BCUT2D eigenvalue weighted by atomic mass is 10.2. The van der Waals surface area contributed by atoms with Crippen LogP contribution in [0.3, 0.4) is 0 Å². The van der Waals surface area contributed by atoms with E-state index in [1.54, 1.807) is 12.1 Å². The molecule has 0 aliphatic carbocycles. The van der Waals surface area contributed by atoms with Gasteiger partial charge in [0.15, 0.2) is 4.34 Å². The molecule has 0 spiro atoms. The number of rotatable bonds is 8. The molecule has 2 N–H and O–H groups in total. The number of halogens is 1. The molecule has 0 saturated heterocycles. The number of amides is 1. The van der Waals surface area contributed by atoms with E-state index in [-0.39, 0.29) is 17.0 Å². The minimum atomic E-state index is -0.252. The molecule has 1 unspecified atom stereocenters. The standard InChI is InChI=1S/C16H21FN4OS2/c1-10(2)8-18-14(22)11(3)23-16-21-20-15(24-16)19-9-12-4-6-13(17)7-5-12/h4-7,10-11H,8-9H2,1-3H3,(H,18,22)(H,19,20). The fourth-order valence-corrected chi connectivity index (χ4v) is 3.68. The summed E-state index contributed by atoms with van der Waals surface area (Å²) in [5.41, 5.74) is 0.960. The predicted molar refractivity (Wildman–Crippen MR) is 96.8 cm³/mol. The summed E-state index contributed by atoms with van der Waals surface area (Å²) in [6, 6.07) is 6.30. The van der Waals surface area contributed by atoms with Gasteiger partial charge in [0.2, 0.25) is 11.0 Å². The Morgan fingerprint density at radius 1 is 1.25 bits per heavy atom. The number of carbonyl (C=O) groups is 1. The normalized spacial score (nSPS) is 12.2. The van der Waals surface area contributed by atoms with Gasteiger partial charge in [0.25, 0.3) is 0 Å². The first-order chi connectivity index (χ1) is 11.4. The largest absolute Gasteiger partial charge is 0.356 e. The van der Waals surface area contributed by atoms with Crippen LogP contribution in [0.4, 0.5) is 9.52 Å². The third-order valence-electron chi connectivity index (χ3n) is 3.09. The molecule has 24 heavy (non-hydrogen) atoms. The molecule has 0 fully saturated rings. The molecule has 1 amide bonds. The zero-order valence-corrected chi connectivity index (χ0v) is 15.5. The van der Waals surface area contributed by atoms with Crippen LogP contribution in [0.1, 0.15) is 26.3 Å². The zero-order chi connectivity index (χ0) is 17.5. The van der Waals surface area contributed by atoms with Crippen LogP contribution in [0.25, 0.3) is 0 Å². The van der Waals surface area contributed by atoms with E-state index in [1.165, 1.54) is 35.2 Å². The van der Waals surface area contributed by atoms with Gasteiger partial charge in [0, 0.05) is 13.1 Å². The molecule has 0 aliphatic rings. The van der Waals surface area contributed by atoms with Gasteiger partial charge in [-0.15, -0.1) is 10.2 Å². The minimum Gasteiger partial charge on any atom is -0.356 e. The van der Waals surface area contributed by atoms with Crippen LogP contribution in [0.5, 0.6) is 0 Å². The molecule has 8 heteroatoms. The zero-order valence-electron chi connectivity index (χ0n) is 13.9. The summed E-state index contributed by atoms with van der Waals surface area (Å²) in [5, 5.41) is 14.7. The second-order valence-corrected chi connectivity index (χ2v) is 8.32. The monoisotopic (exact) mass is 368 g/mol. The molecule has 5 nitrogen and oxygen atoms in total. The molecule has 0 radical (unpaired) electrons. The van der Waals surface area contributed by atoms with E-state index >= 15 is 0 Å². The Hall–Kier alpha value is -1.67. The number of nitrogens with zero attached hydrogens (tertiary/aromatic N) is 2. The number of hydrogen-bond acceptors (Lipinski definition) is 6. The first kappa shape index (κ1) is 18.7. The second kappa shape index (κ2) is 8.98. The molecule has 1 aromatic carbocycles. The first-order valence-electron chi connectivity index (χ1n) is 7.70. The van der Waals surface area contributed by atoms with Crippen LogP contribution in [-0.4, -0.2) is 27.9 Å². The average molecular weight is 369 g/mol. The van der Waals surface area contributed by atoms with Gasteiger partial charge >= 0.3 is 0 Å². The third-order valence-corrected chi connectivity index (χ3v) is 5.16. The van der Waals surface area contributed by atoms with E-state index in [0.717, 1.165) is 9.90 Å². The van der Waals surface area contributed by atoms with E-state index in [1.807, 2.05) is 6.92 Å². The smallest absolute Gasteiger partial charge is 0.233 e. The van der Waals surface area contributed by atoms with Crippen molar-refractivity contribution in [1.82, 2.24) is 15.5 Å². The number of carbonyl (C=O) groups excluding carboxylic acids is 1. The highest BCUT2D eigenvalue weighted by molar-refractivity contribution is 8.02. The Bertz CT molecular complexity index is 660. The van der Waals surface area contributed by atoms with Gasteiger partial charge in [-0.2, -0.15) is 0 Å². The van der Waals surface area contributed by atoms with Gasteiger partial charge in [-0.1, -0.05) is 49.1 Å². The molecule has 1 atom stereocenters. The van der Waals surface area contributed by atoms with Crippen LogP contribution in [0.15, 0.2) is 28.6 Å². The Morgan fingerprint density at radius 2 is 1.96 bits per heavy atom. The lowest BCUT2D eigenvalue weighted by Gasteiger charge is -2.11. The van der Waals surface area contributed by atoms with Gasteiger partial charge in [0.1, 0.15) is 5.82 Å². The van der Waals surface area contributed by atoms with Crippen LogP contribution in [-0.2, 0) is 11.3 Å². The number of hydrogen-bond donors (Lipinski definition) is 2. The Labute approximate surface area is 149 Å². The third kappa shape index (κ3) is 6.09. The summed E-state index contributed by atoms with van der Waals surface area (Å²) in [5.74, 6) is 0.178. The Balaban J connectivity index is 1.81. The summed E-state index contributed by atoms with van der Waals surface area (Å²) >= 11 is 2.79. The highest BCUT2D eigenvalue weighted by Crippen LogP contribution is 2.29. The minimum absolute atomic E-state index is 0.00437. The first-order valence-corrected chi connectivity index (χ1v) is 9.40. The number of aromatic nitrogens is 2. The maximum absolute atomic E-state index is 12.9. The molecule has 130 valence electrons. The van der Waals surface area contributed by atoms with E-state index in [0.29, 0.717) is 24.1 Å². The van der Waals surface area contributed by atoms with Gasteiger partial charge in [-0.25, -0.2) is 4.39 Å². The molecule has 0 aliphatic heterocycles. The Morgan fingerprint density at radius 3 is 2.62 bits per heavy atom. The summed E-state index contributed by atoms with van der Waals surface area (Å²) < 4.78 is 13.6. The van der Waals surface area contributed by atoms with Crippen molar-refractivity contribution in [1.29, 1.82) is 0 Å². The molecule has 1 aromatic heterocycles. The molecular weight excluding hydrogens is 347 g/mol. The maximum Gasteiger partial charge on any atom is 0.233 e. The average Bonchev–Trinajstić information content (AvgIpc) is 2.99. The van der Waals surface area contributed by atoms with Crippen molar-refractivity contribution in [2.75, 3.05) is 11.9 Å². The molecule has 0 saturated carbocycles. The topological polar surface area (TPSA) is 66.9 Å². The van der Waals surface area contributed by atoms with Gasteiger partial charge in [-0.3, -0.25) is 4.79 Å². The van der Waals surface area contributed by atoms with Crippen molar-refractivity contribution in [3.8, 4) is 0 Å². The number of nitrogens with one attached hydrogen (secondary N) is 2. The van der Waals surface area contributed by atoms with Crippen molar-refractivity contribution in [3.05, 3.63) is 35.6 Å². The van der Waals surface area contributed by atoms with E-state index in [4.69, 9.17) is 0 Å². The molecule has 0 bridgehead atoms. The van der Waals surface area contributed by atoms with Crippen LogP contribution >= 0.6 is 23.1 Å². The molecule has 1 heterocycles. The lowest BCUT2D eigenvalue weighted by molar-refractivity contribution is -0.120. The van der Waals surface area contributed by atoms with Crippen LogP contribution in [0.2, 0.25) is 0 Å². The lowest BCUT2D eigenvalue weighted by Crippen LogP contribution is -2.33. The number of anilines is 1. The number of benzene rings is 1. The van der Waals surface area contributed by atoms with Crippen LogP contribution in [0, 0.1) is 11.7 Å². The predicted octanol–water partition coefficient (Wildman–Crippen LogP) is 3.54. The van der Waals surface area contributed by atoms with E-state index < -0.39 is 0 Å². The highest BCUT2D eigenvalue weighted by atomic mass is 32.2. The van der Waals surface area contributed by atoms with Crippen LogP contribution < -0.4 is 10.6 Å². The summed E-state index contributed by atoms with van der Waals surface area (Å²) in [4.78, 5) is 12.0. The van der Waals surface area contributed by atoms with Crippen molar-refractivity contribution >= 4 is 34.1 Å². The molecule has 2 rings (SSSR count). The van der Waals surface area contributed by atoms with E-state index in [9.17, 15) is 9.18 Å². The summed E-state index contributed by atoms with van der Waals surface area (Å²) in [7, 11) is 0. The van der Waals surface area contributed by atoms with Crippen molar-refractivity contribution in [2.45, 2.75) is 36.9 Å². The van der Waals surface area contributed by atoms with Gasteiger partial charge < -0.3 is 10.6 Å². The Kier molecular flexibility index (Phi) is 6.99. The highest BCUT2D eigenvalue weighted by Gasteiger charge is 2.17. The fraction of sp³-hybridized carbons (Fsp3) is 0.438. The maximum atomic E-state index is 12.9. The van der Waals surface area contributed by atoms with Crippen molar-refractivity contribution in [2.24, 2.45) is 5.92 Å². The summed E-state index contributed by atoms with van der Waals surface area (Å²) in [6.07, 6.45) is 0. The summed E-state index contributed by atoms with van der Waals surface area (Å²) in [6.45, 7) is 7.19. The van der Waals surface area contributed by atoms with Crippen molar-refractivity contribution < 1.29 is 9.18 Å². The second-order valence-electron chi connectivity index (χ2n) is 5.75. The quantitative estimate of drug-likeness (QED) is 0.698. The SMILES string of the molecule is CC(C)CNC(=O)C(C)Sc1nnc(NCc2ccc(F)cc2)s1. The molecular formula is C16H21FN4OS2. The van der Waals surface area contributed by atoms with Gasteiger partial charge in [0.05, 0.1) is 5.25 Å². The van der Waals surface area contributed by atoms with Crippen molar-refractivity contribution in [3.63, 3.8) is 0 Å². The van der Waals surface area contributed by atoms with Gasteiger partial charge in [-0.05, 0) is 30.5 Å². The number of thioether (sulfide) groups is 1. The fourth-order valence-electron chi connectivity index (χ4n) is 1.76.